The number of methoxy groups -OCH3 is 1. The van der Waals surface area contributed by atoms with Crippen LogP contribution in [0.25, 0.3) is 0 Å². The predicted octanol–water partition coefficient (Wildman–Crippen LogP) is 5.25. The molecule has 0 spiro atoms. The van der Waals surface area contributed by atoms with E-state index in [-0.39, 0.29) is 11.9 Å². The number of Topliss-reactive ketones (excluding diaryl/α,β-unsaturated/α-hetero) is 1. The fourth-order valence-corrected chi connectivity index (χ4v) is 3.93. The molecule has 1 atom stereocenters. The molecular weight excluding hydrogens is 312 g/mol. The van der Waals surface area contributed by atoms with Gasteiger partial charge in [-0.1, -0.05) is 0 Å². The molecule has 0 amide bonds. The Kier molecular flexibility index (Phi) is 4.36. The smallest absolute Gasteiger partial charge is 0.170 e. The van der Waals surface area contributed by atoms with E-state index in [4.69, 9.17) is 9.47 Å². The molecule has 0 bridgehead atoms. The normalized spacial score (nSPS) is 16.4. The summed E-state index contributed by atoms with van der Waals surface area (Å²) in [7, 11) is 1.63. The number of ether oxygens (including phenoxy) is 2. The maximum atomic E-state index is 12.8. The fourth-order valence-electron chi connectivity index (χ4n) is 3.93. The van der Waals surface area contributed by atoms with Crippen LogP contribution in [0.4, 0.5) is 0 Å². The Bertz CT molecular complexity index is 849. The van der Waals surface area contributed by atoms with Crippen LogP contribution in [0.3, 0.4) is 0 Å². The number of benzene rings is 2. The number of fused-ring (bicyclic) bond motifs is 1. The Balaban J connectivity index is 2.14. The first-order chi connectivity index (χ1) is 11.8. The molecule has 0 saturated carbocycles. The first-order valence-electron chi connectivity index (χ1n) is 8.71. The molecule has 0 aromatic heterocycles. The molecule has 2 aromatic rings. The zero-order chi connectivity index (χ0) is 18.5. The lowest BCUT2D eigenvalue weighted by atomic mass is 9.84. The van der Waals surface area contributed by atoms with Gasteiger partial charge in [-0.15, -0.1) is 0 Å². The van der Waals surface area contributed by atoms with Crippen LogP contribution in [-0.4, -0.2) is 12.9 Å². The first-order valence-corrected chi connectivity index (χ1v) is 8.71. The van der Waals surface area contributed by atoms with Gasteiger partial charge in [0.25, 0.3) is 0 Å². The maximum Gasteiger partial charge on any atom is 0.170 e. The molecule has 1 aliphatic heterocycles. The number of ketones is 1. The summed E-state index contributed by atoms with van der Waals surface area (Å²) in [4.78, 5) is 12.8. The van der Waals surface area contributed by atoms with Crippen molar-refractivity contribution in [2.75, 3.05) is 7.11 Å². The average molecular weight is 338 g/mol. The number of carbonyl (C=O) groups excluding carboxylic acids is 1. The number of aryl methyl sites for hydroxylation is 1. The third-order valence-corrected chi connectivity index (χ3v) is 5.81. The number of hydrogen-bond acceptors (Lipinski definition) is 3. The highest BCUT2D eigenvalue weighted by Crippen LogP contribution is 2.42. The van der Waals surface area contributed by atoms with Crippen molar-refractivity contribution in [1.82, 2.24) is 0 Å². The molecule has 0 radical (unpaired) electrons. The van der Waals surface area contributed by atoms with E-state index < -0.39 is 0 Å². The third kappa shape index (κ3) is 2.72. The Morgan fingerprint density at radius 1 is 0.920 bits per heavy atom. The van der Waals surface area contributed by atoms with Gasteiger partial charge in [0, 0.05) is 6.07 Å². The predicted molar refractivity (Wildman–Crippen MR) is 100 cm³/mol. The zero-order valence-corrected chi connectivity index (χ0v) is 16.2. The standard InChI is InChI=1S/C22H26O3/c1-11-8-17(24-7)9-19-21(11)18(23)10-20(25-19)22-15(5)13(3)12(2)14(4)16(22)6/h8-9,20H,10H2,1-7H3. The van der Waals surface area contributed by atoms with Gasteiger partial charge in [-0.3, -0.25) is 4.79 Å². The molecular formula is C22H26O3. The highest BCUT2D eigenvalue weighted by molar-refractivity contribution is 6.01. The van der Waals surface area contributed by atoms with E-state index in [1.165, 1.54) is 27.8 Å². The molecule has 0 N–H and O–H groups in total. The molecule has 1 aliphatic rings. The van der Waals surface area contributed by atoms with Crippen molar-refractivity contribution in [2.45, 2.75) is 54.1 Å². The Labute approximate surface area is 150 Å². The van der Waals surface area contributed by atoms with Crippen LogP contribution in [0.2, 0.25) is 0 Å². The lowest BCUT2D eigenvalue weighted by Crippen LogP contribution is -2.23. The number of rotatable bonds is 2. The topological polar surface area (TPSA) is 35.5 Å². The first kappa shape index (κ1) is 17.5. The second-order valence-electron chi connectivity index (χ2n) is 7.09. The summed E-state index contributed by atoms with van der Waals surface area (Å²) in [5, 5.41) is 0. The maximum absolute atomic E-state index is 12.8. The van der Waals surface area contributed by atoms with Gasteiger partial charge >= 0.3 is 0 Å². The van der Waals surface area contributed by atoms with Crippen LogP contribution in [0, 0.1) is 41.5 Å². The van der Waals surface area contributed by atoms with Crippen LogP contribution in [-0.2, 0) is 0 Å². The fraction of sp³-hybridized carbons (Fsp3) is 0.409. The quantitative estimate of drug-likeness (QED) is 0.750. The van der Waals surface area contributed by atoms with Crippen LogP contribution in [0.1, 0.15) is 61.8 Å². The minimum atomic E-state index is -0.246. The third-order valence-electron chi connectivity index (χ3n) is 5.81. The molecule has 3 rings (SSSR count). The van der Waals surface area contributed by atoms with Crippen LogP contribution >= 0.6 is 0 Å². The summed E-state index contributed by atoms with van der Waals surface area (Å²) >= 11 is 0. The van der Waals surface area contributed by atoms with E-state index in [2.05, 4.69) is 34.6 Å². The minimum absolute atomic E-state index is 0.140. The second kappa shape index (κ2) is 6.21. The van der Waals surface area contributed by atoms with Crippen molar-refractivity contribution in [1.29, 1.82) is 0 Å². The molecule has 132 valence electrons. The van der Waals surface area contributed by atoms with Crippen molar-refractivity contribution in [3.63, 3.8) is 0 Å². The lowest BCUT2D eigenvalue weighted by molar-refractivity contribution is 0.0847. The van der Waals surface area contributed by atoms with E-state index in [0.717, 1.165) is 16.9 Å². The highest BCUT2D eigenvalue weighted by Gasteiger charge is 2.32. The van der Waals surface area contributed by atoms with E-state index in [0.29, 0.717) is 17.7 Å². The van der Waals surface area contributed by atoms with Crippen molar-refractivity contribution in [3.05, 3.63) is 56.6 Å². The molecule has 25 heavy (non-hydrogen) atoms. The van der Waals surface area contributed by atoms with E-state index in [9.17, 15) is 4.79 Å². The van der Waals surface area contributed by atoms with Gasteiger partial charge in [0.15, 0.2) is 5.78 Å². The summed E-state index contributed by atoms with van der Waals surface area (Å²) in [6, 6.07) is 3.71. The second-order valence-corrected chi connectivity index (χ2v) is 7.09. The van der Waals surface area contributed by atoms with Crippen LogP contribution in [0.5, 0.6) is 11.5 Å². The minimum Gasteiger partial charge on any atom is -0.497 e. The SMILES string of the molecule is COc1cc(C)c2c(c1)OC(c1c(C)c(C)c(C)c(C)c1C)CC2=O. The van der Waals surface area contributed by atoms with E-state index in [1.807, 2.05) is 19.1 Å². The summed E-state index contributed by atoms with van der Waals surface area (Å²) in [6.45, 7) is 12.6. The average Bonchev–Trinajstić information content (AvgIpc) is 2.57. The monoisotopic (exact) mass is 338 g/mol. The van der Waals surface area contributed by atoms with Crippen molar-refractivity contribution in [3.8, 4) is 11.5 Å². The number of carbonyl (C=O) groups is 1. The van der Waals surface area contributed by atoms with Crippen molar-refractivity contribution < 1.29 is 14.3 Å². The molecule has 0 fully saturated rings. The summed E-state index contributed by atoms with van der Waals surface area (Å²) in [6.07, 6.45) is 0.133. The zero-order valence-electron chi connectivity index (χ0n) is 16.2. The molecule has 0 aliphatic carbocycles. The van der Waals surface area contributed by atoms with Crippen molar-refractivity contribution in [2.24, 2.45) is 0 Å². The summed E-state index contributed by atoms with van der Waals surface area (Å²) < 4.78 is 11.7. The van der Waals surface area contributed by atoms with Gasteiger partial charge in [-0.05, 0) is 86.6 Å². The van der Waals surface area contributed by atoms with Gasteiger partial charge in [-0.25, -0.2) is 0 Å². The van der Waals surface area contributed by atoms with E-state index in [1.54, 1.807) is 7.11 Å². The van der Waals surface area contributed by atoms with Gasteiger partial charge in [0.05, 0.1) is 19.1 Å². The molecule has 2 aromatic carbocycles. The van der Waals surface area contributed by atoms with Crippen molar-refractivity contribution >= 4 is 5.78 Å². The van der Waals surface area contributed by atoms with Gasteiger partial charge in [-0.2, -0.15) is 0 Å². The Morgan fingerprint density at radius 2 is 1.48 bits per heavy atom. The van der Waals surface area contributed by atoms with Crippen LogP contribution in [0.15, 0.2) is 12.1 Å². The number of hydrogen-bond donors (Lipinski definition) is 0. The van der Waals surface area contributed by atoms with Gasteiger partial charge < -0.3 is 9.47 Å². The molecule has 1 unspecified atom stereocenters. The van der Waals surface area contributed by atoms with Gasteiger partial charge in [0.1, 0.15) is 17.6 Å². The summed E-state index contributed by atoms with van der Waals surface area (Å²) in [5.74, 6) is 1.49. The molecule has 3 heteroatoms. The molecule has 1 heterocycles. The Hall–Kier alpha value is -2.29. The Morgan fingerprint density at radius 3 is 2.04 bits per heavy atom. The molecule has 3 nitrogen and oxygen atoms in total. The largest absolute Gasteiger partial charge is 0.497 e. The van der Waals surface area contributed by atoms with Crippen LogP contribution < -0.4 is 9.47 Å². The summed E-state index contributed by atoms with van der Waals surface area (Å²) in [5.41, 5.74) is 9.07. The lowest BCUT2D eigenvalue weighted by Gasteiger charge is -2.30. The van der Waals surface area contributed by atoms with E-state index >= 15 is 0 Å². The highest BCUT2D eigenvalue weighted by atomic mass is 16.5. The van der Waals surface area contributed by atoms with Gasteiger partial charge in [0.2, 0.25) is 0 Å². The molecule has 0 saturated heterocycles.